The third-order valence-corrected chi connectivity index (χ3v) is 3.86. The number of carbonyl (C=O) groups is 1. The predicted octanol–water partition coefficient (Wildman–Crippen LogP) is 1.55. The van der Waals surface area contributed by atoms with Crippen LogP contribution in [0.2, 0.25) is 0 Å². The van der Waals surface area contributed by atoms with Gasteiger partial charge in [0.15, 0.2) is 0 Å². The van der Waals surface area contributed by atoms with Crippen molar-refractivity contribution in [2.75, 3.05) is 19.7 Å². The standard InChI is InChI=1S/C16H21N3O2/c1-2-19-15-6-4-3-5-14(15)18-16(19)10-12(20)9-13-11-17-7-8-21-13/h3-6,13,17H,2,7-11H2,1H3. The average Bonchev–Trinajstić information content (AvgIpc) is 2.85. The molecule has 1 aromatic carbocycles. The first-order valence-corrected chi connectivity index (χ1v) is 7.56. The second-order valence-electron chi connectivity index (χ2n) is 5.38. The molecule has 0 aliphatic carbocycles. The van der Waals surface area contributed by atoms with Crippen molar-refractivity contribution < 1.29 is 9.53 Å². The van der Waals surface area contributed by atoms with E-state index in [0.717, 1.165) is 36.5 Å². The first kappa shape index (κ1) is 14.2. The van der Waals surface area contributed by atoms with Gasteiger partial charge in [0.05, 0.1) is 30.2 Å². The molecule has 0 saturated carbocycles. The summed E-state index contributed by atoms with van der Waals surface area (Å²) in [4.78, 5) is 16.9. The van der Waals surface area contributed by atoms with Gasteiger partial charge < -0.3 is 14.6 Å². The highest BCUT2D eigenvalue weighted by molar-refractivity contribution is 5.83. The summed E-state index contributed by atoms with van der Waals surface area (Å²) in [6.45, 7) is 5.22. The zero-order chi connectivity index (χ0) is 14.7. The molecule has 1 unspecified atom stereocenters. The van der Waals surface area contributed by atoms with Crippen molar-refractivity contribution in [3.05, 3.63) is 30.1 Å². The van der Waals surface area contributed by atoms with Gasteiger partial charge in [-0.3, -0.25) is 4.79 Å². The number of fused-ring (bicyclic) bond motifs is 1. The number of ketones is 1. The molecule has 0 bridgehead atoms. The second-order valence-corrected chi connectivity index (χ2v) is 5.38. The van der Waals surface area contributed by atoms with E-state index in [1.807, 2.05) is 24.3 Å². The second kappa shape index (κ2) is 6.37. The Bertz CT molecular complexity index is 629. The van der Waals surface area contributed by atoms with Crippen LogP contribution in [0.1, 0.15) is 19.2 Å². The minimum atomic E-state index is 0.00528. The molecule has 5 nitrogen and oxygen atoms in total. The maximum atomic E-state index is 12.3. The summed E-state index contributed by atoms with van der Waals surface area (Å²) in [6.07, 6.45) is 0.841. The smallest absolute Gasteiger partial charge is 0.143 e. The molecule has 0 spiro atoms. The van der Waals surface area contributed by atoms with Gasteiger partial charge in [0, 0.05) is 26.1 Å². The fourth-order valence-corrected chi connectivity index (χ4v) is 2.87. The lowest BCUT2D eigenvalue weighted by atomic mass is 10.1. The summed E-state index contributed by atoms with van der Waals surface area (Å²) < 4.78 is 7.71. The molecule has 2 aromatic rings. The third-order valence-electron chi connectivity index (χ3n) is 3.86. The predicted molar refractivity (Wildman–Crippen MR) is 81.3 cm³/mol. The lowest BCUT2D eigenvalue weighted by Gasteiger charge is -2.22. The van der Waals surface area contributed by atoms with Gasteiger partial charge in [0.2, 0.25) is 0 Å². The van der Waals surface area contributed by atoms with Crippen molar-refractivity contribution in [3.63, 3.8) is 0 Å². The van der Waals surface area contributed by atoms with Crippen LogP contribution < -0.4 is 5.32 Å². The first-order valence-electron chi connectivity index (χ1n) is 7.56. The van der Waals surface area contributed by atoms with Crippen LogP contribution in [0, 0.1) is 0 Å². The number of benzene rings is 1. The van der Waals surface area contributed by atoms with Gasteiger partial charge in [0.1, 0.15) is 11.6 Å². The van der Waals surface area contributed by atoms with Gasteiger partial charge in [-0.05, 0) is 19.1 Å². The Morgan fingerprint density at radius 1 is 1.48 bits per heavy atom. The van der Waals surface area contributed by atoms with Gasteiger partial charge in [-0.1, -0.05) is 12.1 Å². The van der Waals surface area contributed by atoms with Gasteiger partial charge in [0.25, 0.3) is 0 Å². The number of aryl methyl sites for hydroxylation is 1. The largest absolute Gasteiger partial charge is 0.375 e. The third kappa shape index (κ3) is 3.14. The van der Waals surface area contributed by atoms with E-state index in [-0.39, 0.29) is 11.9 Å². The number of ether oxygens (including phenoxy) is 1. The van der Waals surface area contributed by atoms with E-state index in [1.165, 1.54) is 0 Å². The molecule has 21 heavy (non-hydrogen) atoms. The number of carbonyl (C=O) groups excluding carboxylic acids is 1. The average molecular weight is 287 g/mol. The topological polar surface area (TPSA) is 56.2 Å². The Hall–Kier alpha value is -1.72. The summed E-state index contributed by atoms with van der Waals surface area (Å²) in [5.41, 5.74) is 2.05. The molecule has 2 heterocycles. The van der Waals surface area contributed by atoms with E-state index in [2.05, 4.69) is 21.8 Å². The summed E-state index contributed by atoms with van der Waals surface area (Å²) in [5.74, 6) is 1.04. The molecular formula is C16H21N3O2. The lowest BCUT2D eigenvalue weighted by Crippen LogP contribution is -2.39. The molecule has 1 atom stereocenters. The van der Waals surface area contributed by atoms with Crippen molar-refractivity contribution in [2.45, 2.75) is 32.4 Å². The zero-order valence-corrected chi connectivity index (χ0v) is 12.3. The van der Waals surface area contributed by atoms with Crippen molar-refractivity contribution >= 4 is 16.8 Å². The van der Waals surface area contributed by atoms with E-state index >= 15 is 0 Å². The van der Waals surface area contributed by atoms with E-state index in [0.29, 0.717) is 19.4 Å². The van der Waals surface area contributed by atoms with Crippen molar-refractivity contribution in [1.29, 1.82) is 0 Å². The molecule has 1 saturated heterocycles. The number of rotatable bonds is 5. The Kier molecular flexibility index (Phi) is 4.31. The Morgan fingerprint density at radius 2 is 2.33 bits per heavy atom. The van der Waals surface area contributed by atoms with Crippen LogP contribution in [-0.2, 0) is 22.5 Å². The summed E-state index contributed by atoms with van der Waals surface area (Å²) in [6, 6.07) is 8.02. The molecule has 3 rings (SSSR count). The van der Waals surface area contributed by atoms with E-state index in [4.69, 9.17) is 4.74 Å². The molecule has 1 aliphatic heterocycles. The number of aromatic nitrogens is 2. The van der Waals surface area contributed by atoms with Crippen LogP contribution in [0.15, 0.2) is 24.3 Å². The number of Topliss-reactive ketones (excluding diaryl/α,β-unsaturated/α-hetero) is 1. The van der Waals surface area contributed by atoms with Crippen LogP contribution in [0.4, 0.5) is 0 Å². The van der Waals surface area contributed by atoms with Crippen LogP contribution in [0.5, 0.6) is 0 Å². The van der Waals surface area contributed by atoms with Gasteiger partial charge in [-0.25, -0.2) is 4.98 Å². The minimum absolute atomic E-state index is 0.00528. The molecule has 112 valence electrons. The minimum Gasteiger partial charge on any atom is -0.375 e. The molecule has 5 heteroatoms. The monoisotopic (exact) mass is 287 g/mol. The molecule has 1 aliphatic rings. The quantitative estimate of drug-likeness (QED) is 0.906. The molecule has 1 aromatic heterocycles. The Morgan fingerprint density at radius 3 is 3.10 bits per heavy atom. The number of hydrogen-bond acceptors (Lipinski definition) is 4. The first-order chi connectivity index (χ1) is 10.3. The van der Waals surface area contributed by atoms with Crippen LogP contribution in [0.3, 0.4) is 0 Å². The normalized spacial score (nSPS) is 19.0. The fraction of sp³-hybridized carbons (Fsp3) is 0.500. The van der Waals surface area contributed by atoms with Gasteiger partial charge >= 0.3 is 0 Å². The van der Waals surface area contributed by atoms with Crippen LogP contribution in [-0.4, -0.2) is 41.1 Å². The molecule has 0 amide bonds. The number of hydrogen-bond donors (Lipinski definition) is 1. The number of para-hydroxylation sites is 2. The maximum absolute atomic E-state index is 12.3. The highest BCUT2D eigenvalue weighted by Gasteiger charge is 2.19. The summed E-state index contributed by atoms with van der Waals surface area (Å²) in [7, 11) is 0. The Labute approximate surface area is 124 Å². The zero-order valence-electron chi connectivity index (χ0n) is 12.3. The highest BCUT2D eigenvalue weighted by Crippen LogP contribution is 2.17. The van der Waals surface area contributed by atoms with E-state index in [9.17, 15) is 4.79 Å². The van der Waals surface area contributed by atoms with Crippen LogP contribution in [0.25, 0.3) is 11.0 Å². The van der Waals surface area contributed by atoms with E-state index in [1.54, 1.807) is 0 Å². The molecule has 1 fully saturated rings. The van der Waals surface area contributed by atoms with Gasteiger partial charge in [-0.2, -0.15) is 0 Å². The summed E-state index contributed by atoms with van der Waals surface area (Å²) in [5, 5.41) is 3.25. The Balaban J connectivity index is 1.73. The molecular weight excluding hydrogens is 266 g/mol. The van der Waals surface area contributed by atoms with Crippen molar-refractivity contribution in [2.24, 2.45) is 0 Å². The van der Waals surface area contributed by atoms with E-state index < -0.39 is 0 Å². The SMILES string of the molecule is CCn1c(CC(=O)CC2CNCCO2)nc2ccccc21. The maximum Gasteiger partial charge on any atom is 0.143 e. The fourth-order valence-electron chi connectivity index (χ4n) is 2.87. The van der Waals surface area contributed by atoms with Crippen molar-refractivity contribution in [3.8, 4) is 0 Å². The highest BCUT2D eigenvalue weighted by atomic mass is 16.5. The number of morpholine rings is 1. The number of nitrogens with zero attached hydrogens (tertiary/aromatic N) is 2. The lowest BCUT2D eigenvalue weighted by molar-refractivity contribution is -0.121. The number of imidazole rings is 1. The van der Waals surface area contributed by atoms with Crippen LogP contribution >= 0.6 is 0 Å². The molecule has 1 N–H and O–H groups in total. The molecule has 0 radical (unpaired) electrons. The van der Waals surface area contributed by atoms with Gasteiger partial charge in [-0.15, -0.1) is 0 Å². The summed E-state index contributed by atoms with van der Waals surface area (Å²) >= 11 is 0. The van der Waals surface area contributed by atoms with Crippen molar-refractivity contribution in [1.82, 2.24) is 14.9 Å². The number of nitrogens with one attached hydrogen (secondary N) is 1.